The molecule has 0 unspecified atom stereocenters. The lowest BCUT2D eigenvalue weighted by Crippen LogP contribution is -2.35. The summed E-state index contributed by atoms with van der Waals surface area (Å²) in [5.74, 6) is 0.939. The van der Waals surface area contributed by atoms with Crippen molar-refractivity contribution in [2.75, 3.05) is 32.9 Å². The van der Waals surface area contributed by atoms with Crippen molar-refractivity contribution in [3.8, 4) is 5.75 Å². The summed E-state index contributed by atoms with van der Waals surface area (Å²) < 4.78 is 10.9. The number of hydrogen-bond donors (Lipinski definition) is 1. The van der Waals surface area contributed by atoms with Crippen molar-refractivity contribution in [2.45, 2.75) is 26.6 Å². The molecule has 0 saturated carbocycles. The van der Waals surface area contributed by atoms with E-state index in [9.17, 15) is 0 Å². The van der Waals surface area contributed by atoms with Crippen LogP contribution in [0.2, 0.25) is 0 Å². The summed E-state index contributed by atoms with van der Waals surface area (Å²) in [7, 11) is 0. The minimum Gasteiger partial charge on any atom is -0.494 e. The molecule has 134 valence electrons. The number of benzene rings is 2. The Bertz CT molecular complexity index is 637. The van der Waals surface area contributed by atoms with Crippen molar-refractivity contribution in [1.82, 2.24) is 10.2 Å². The van der Waals surface area contributed by atoms with Crippen LogP contribution in [0.1, 0.15) is 23.6 Å². The van der Waals surface area contributed by atoms with Gasteiger partial charge in [0, 0.05) is 32.7 Å². The van der Waals surface area contributed by atoms with Gasteiger partial charge in [-0.05, 0) is 35.7 Å². The maximum atomic E-state index is 5.55. The average Bonchev–Trinajstić information content (AvgIpc) is 2.65. The fraction of sp³-hybridized carbons (Fsp3) is 0.429. The van der Waals surface area contributed by atoms with Crippen LogP contribution in [0.4, 0.5) is 0 Å². The van der Waals surface area contributed by atoms with Crippen LogP contribution in [0, 0.1) is 0 Å². The van der Waals surface area contributed by atoms with E-state index < -0.39 is 0 Å². The van der Waals surface area contributed by atoms with Crippen LogP contribution in [0.3, 0.4) is 0 Å². The van der Waals surface area contributed by atoms with Gasteiger partial charge in [-0.1, -0.05) is 36.4 Å². The Morgan fingerprint density at radius 1 is 0.960 bits per heavy atom. The van der Waals surface area contributed by atoms with Gasteiger partial charge >= 0.3 is 0 Å². The second-order valence-corrected chi connectivity index (χ2v) is 6.39. The van der Waals surface area contributed by atoms with Gasteiger partial charge in [-0.15, -0.1) is 0 Å². The zero-order valence-electron chi connectivity index (χ0n) is 15.0. The second kappa shape index (κ2) is 9.56. The van der Waals surface area contributed by atoms with Crippen LogP contribution in [-0.2, 0) is 24.4 Å². The quantitative estimate of drug-likeness (QED) is 0.800. The van der Waals surface area contributed by atoms with Crippen LogP contribution >= 0.6 is 0 Å². The van der Waals surface area contributed by atoms with Gasteiger partial charge < -0.3 is 14.8 Å². The third-order valence-electron chi connectivity index (χ3n) is 4.40. The molecule has 0 aliphatic carbocycles. The van der Waals surface area contributed by atoms with E-state index in [0.29, 0.717) is 6.61 Å². The summed E-state index contributed by atoms with van der Waals surface area (Å²) in [6.45, 7) is 9.21. The summed E-state index contributed by atoms with van der Waals surface area (Å²) in [4.78, 5) is 2.45. The highest BCUT2D eigenvalue weighted by Crippen LogP contribution is 2.13. The Morgan fingerprint density at radius 3 is 2.44 bits per heavy atom. The molecule has 1 aliphatic rings. The van der Waals surface area contributed by atoms with E-state index in [2.05, 4.69) is 46.6 Å². The van der Waals surface area contributed by atoms with Gasteiger partial charge in [0.25, 0.3) is 0 Å². The van der Waals surface area contributed by atoms with Crippen LogP contribution < -0.4 is 10.1 Å². The monoisotopic (exact) mass is 340 g/mol. The Balaban J connectivity index is 1.44. The lowest BCUT2D eigenvalue weighted by Gasteiger charge is -2.26. The maximum Gasteiger partial charge on any atom is 0.119 e. The van der Waals surface area contributed by atoms with E-state index in [1.54, 1.807) is 0 Å². The van der Waals surface area contributed by atoms with Gasteiger partial charge in [0.2, 0.25) is 0 Å². The summed E-state index contributed by atoms with van der Waals surface area (Å²) in [5.41, 5.74) is 3.93. The first-order chi connectivity index (χ1) is 12.3. The lowest BCUT2D eigenvalue weighted by molar-refractivity contribution is 0.0342. The zero-order chi connectivity index (χ0) is 17.3. The van der Waals surface area contributed by atoms with E-state index in [0.717, 1.165) is 51.7 Å². The minimum atomic E-state index is 0.702. The van der Waals surface area contributed by atoms with Crippen molar-refractivity contribution in [3.05, 3.63) is 65.2 Å². The van der Waals surface area contributed by atoms with E-state index in [1.165, 1.54) is 16.7 Å². The number of nitrogens with zero attached hydrogens (tertiary/aromatic N) is 1. The number of nitrogens with one attached hydrogen (secondary N) is 1. The van der Waals surface area contributed by atoms with Crippen LogP contribution in [0.5, 0.6) is 5.75 Å². The van der Waals surface area contributed by atoms with Gasteiger partial charge in [0.15, 0.2) is 0 Å². The largest absolute Gasteiger partial charge is 0.494 e. The molecule has 0 amide bonds. The SMILES string of the molecule is CCOc1cccc(CNCc2ccc(CN3CCOCC3)cc2)c1. The predicted octanol–water partition coefficient (Wildman–Crippen LogP) is 3.21. The van der Waals surface area contributed by atoms with E-state index in [4.69, 9.17) is 9.47 Å². The van der Waals surface area contributed by atoms with Crippen molar-refractivity contribution >= 4 is 0 Å². The molecule has 0 radical (unpaired) electrons. The first-order valence-electron chi connectivity index (χ1n) is 9.14. The van der Waals surface area contributed by atoms with Gasteiger partial charge in [-0.2, -0.15) is 0 Å². The first kappa shape index (κ1) is 17.9. The van der Waals surface area contributed by atoms with Crippen molar-refractivity contribution < 1.29 is 9.47 Å². The molecule has 0 bridgehead atoms. The van der Waals surface area contributed by atoms with E-state index in [-0.39, 0.29) is 0 Å². The predicted molar refractivity (Wildman–Crippen MR) is 101 cm³/mol. The Morgan fingerprint density at radius 2 is 1.68 bits per heavy atom. The second-order valence-electron chi connectivity index (χ2n) is 6.39. The number of morpholine rings is 1. The van der Waals surface area contributed by atoms with E-state index >= 15 is 0 Å². The fourth-order valence-corrected chi connectivity index (χ4v) is 3.04. The number of ether oxygens (including phenoxy) is 2. The summed E-state index contributed by atoms with van der Waals surface area (Å²) >= 11 is 0. The van der Waals surface area contributed by atoms with Crippen molar-refractivity contribution in [2.24, 2.45) is 0 Å². The smallest absolute Gasteiger partial charge is 0.119 e. The maximum absolute atomic E-state index is 5.55. The zero-order valence-corrected chi connectivity index (χ0v) is 15.0. The first-order valence-corrected chi connectivity index (χ1v) is 9.14. The summed E-state index contributed by atoms with van der Waals surface area (Å²) in [6, 6.07) is 17.2. The molecule has 2 aromatic carbocycles. The standard InChI is InChI=1S/C21H28N2O2/c1-2-25-21-5-3-4-20(14-21)16-22-15-18-6-8-19(9-7-18)17-23-10-12-24-13-11-23/h3-9,14,22H,2,10-13,15-17H2,1H3. The lowest BCUT2D eigenvalue weighted by atomic mass is 10.1. The summed E-state index contributed by atoms with van der Waals surface area (Å²) in [6.07, 6.45) is 0. The topological polar surface area (TPSA) is 33.7 Å². The molecule has 0 atom stereocenters. The molecule has 3 rings (SSSR count). The van der Waals surface area contributed by atoms with E-state index in [1.807, 2.05) is 19.1 Å². The molecular formula is C21H28N2O2. The minimum absolute atomic E-state index is 0.702. The molecule has 1 heterocycles. The van der Waals surface area contributed by atoms with Crippen LogP contribution in [-0.4, -0.2) is 37.8 Å². The number of rotatable bonds is 8. The molecular weight excluding hydrogens is 312 g/mol. The van der Waals surface area contributed by atoms with Gasteiger partial charge in [0.05, 0.1) is 19.8 Å². The van der Waals surface area contributed by atoms with Gasteiger partial charge in [-0.25, -0.2) is 0 Å². The normalized spacial score (nSPS) is 15.2. The fourth-order valence-electron chi connectivity index (χ4n) is 3.04. The Kier molecular flexibility index (Phi) is 6.86. The van der Waals surface area contributed by atoms with Gasteiger partial charge in [-0.3, -0.25) is 4.90 Å². The van der Waals surface area contributed by atoms with Crippen molar-refractivity contribution in [1.29, 1.82) is 0 Å². The molecule has 1 N–H and O–H groups in total. The van der Waals surface area contributed by atoms with Crippen LogP contribution in [0.15, 0.2) is 48.5 Å². The highest BCUT2D eigenvalue weighted by atomic mass is 16.5. The van der Waals surface area contributed by atoms with Gasteiger partial charge in [0.1, 0.15) is 5.75 Å². The molecule has 25 heavy (non-hydrogen) atoms. The van der Waals surface area contributed by atoms with Crippen molar-refractivity contribution in [3.63, 3.8) is 0 Å². The molecule has 2 aromatic rings. The molecule has 4 heteroatoms. The molecule has 4 nitrogen and oxygen atoms in total. The summed E-state index contributed by atoms with van der Waals surface area (Å²) in [5, 5.41) is 3.51. The molecule has 0 spiro atoms. The highest BCUT2D eigenvalue weighted by Gasteiger charge is 2.10. The highest BCUT2D eigenvalue weighted by molar-refractivity contribution is 5.28. The number of hydrogen-bond acceptors (Lipinski definition) is 4. The Hall–Kier alpha value is -1.88. The third-order valence-corrected chi connectivity index (χ3v) is 4.40. The molecule has 1 fully saturated rings. The molecule has 1 saturated heterocycles. The van der Waals surface area contributed by atoms with Crippen LogP contribution in [0.25, 0.3) is 0 Å². The average molecular weight is 340 g/mol. The Labute approximate surface area is 150 Å². The third kappa shape index (κ3) is 5.85. The molecule has 0 aromatic heterocycles. The molecule has 1 aliphatic heterocycles.